The van der Waals surface area contributed by atoms with E-state index < -0.39 is 6.10 Å². The van der Waals surface area contributed by atoms with Crippen molar-refractivity contribution in [1.82, 2.24) is 0 Å². The van der Waals surface area contributed by atoms with Crippen molar-refractivity contribution in [1.29, 1.82) is 0 Å². The van der Waals surface area contributed by atoms with Crippen LogP contribution in [0.3, 0.4) is 0 Å². The van der Waals surface area contributed by atoms with E-state index >= 15 is 0 Å². The van der Waals surface area contributed by atoms with Gasteiger partial charge in [0.1, 0.15) is 6.10 Å². The predicted molar refractivity (Wildman–Crippen MR) is 84.3 cm³/mol. The average Bonchev–Trinajstić information content (AvgIpc) is 2.45. The Kier molecular flexibility index (Phi) is 4.53. The van der Waals surface area contributed by atoms with Crippen molar-refractivity contribution >= 4 is 0 Å². The third-order valence-corrected chi connectivity index (χ3v) is 3.73. The lowest BCUT2D eigenvalue weighted by atomic mass is 9.92. The van der Waals surface area contributed by atoms with E-state index in [9.17, 15) is 5.11 Å². The molecule has 0 spiro atoms. The molecule has 0 bridgehead atoms. The smallest absolute Gasteiger partial charge is 0.161 e. The molecule has 0 radical (unpaired) electrons. The number of hydrogen-bond acceptors (Lipinski definition) is 3. The van der Waals surface area contributed by atoms with E-state index in [2.05, 4.69) is 19.1 Å². The highest BCUT2D eigenvalue weighted by Gasteiger charge is 2.17. The first-order valence-corrected chi connectivity index (χ1v) is 6.95. The largest absolute Gasteiger partial charge is 0.493 e. The zero-order valence-electron chi connectivity index (χ0n) is 13.2. The van der Waals surface area contributed by atoms with Gasteiger partial charge in [0.05, 0.1) is 14.2 Å². The minimum absolute atomic E-state index is 0.622. The first-order valence-electron chi connectivity index (χ1n) is 6.95. The van der Waals surface area contributed by atoms with Crippen LogP contribution in [0.4, 0.5) is 0 Å². The minimum atomic E-state index is -0.676. The van der Waals surface area contributed by atoms with E-state index in [0.717, 1.165) is 22.3 Å². The molecule has 0 saturated heterocycles. The normalized spacial score (nSPS) is 12.1. The maximum Gasteiger partial charge on any atom is 0.161 e. The van der Waals surface area contributed by atoms with Gasteiger partial charge in [-0.2, -0.15) is 0 Å². The molecular weight excluding hydrogens is 264 g/mol. The monoisotopic (exact) mass is 286 g/mol. The zero-order valence-corrected chi connectivity index (χ0v) is 13.2. The number of benzene rings is 2. The van der Waals surface area contributed by atoms with Crippen LogP contribution in [0.5, 0.6) is 11.5 Å². The lowest BCUT2D eigenvalue weighted by molar-refractivity contribution is 0.218. The first kappa shape index (κ1) is 15.4. The number of aryl methyl sites for hydroxylation is 3. The summed E-state index contributed by atoms with van der Waals surface area (Å²) in [6, 6.07) is 9.68. The Bertz CT molecular complexity index is 624. The number of hydrogen-bond donors (Lipinski definition) is 1. The van der Waals surface area contributed by atoms with Gasteiger partial charge in [-0.05, 0) is 55.2 Å². The molecule has 3 heteroatoms. The van der Waals surface area contributed by atoms with Crippen molar-refractivity contribution in [2.24, 2.45) is 0 Å². The molecule has 0 saturated carbocycles. The topological polar surface area (TPSA) is 38.7 Å². The Morgan fingerprint density at radius 3 is 1.95 bits per heavy atom. The van der Waals surface area contributed by atoms with Crippen LogP contribution in [0, 0.1) is 20.8 Å². The summed E-state index contributed by atoms with van der Waals surface area (Å²) in [7, 11) is 3.19. The van der Waals surface area contributed by atoms with Crippen molar-refractivity contribution in [2.75, 3.05) is 14.2 Å². The van der Waals surface area contributed by atoms with E-state index in [4.69, 9.17) is 9.47 Å². The van der Waals surface area contributed by atoms with E-state index in [1.807, 2.05) is 32.0 Å². The fourth-order valence-corrected chi connectivity index (χ4v) is 2.81. The number of rotatable bonds is 4. The average molecular weight is 286 g/mol. The third kappa shape index (κ3) is 3.03. The standard InChI is InChI=1S/C18H22O3/c1-11-8-12(2)17(13(3)9-11)18(19)14-6-7-15(20-4)16(10-14)21-5/h6-10,18-19H,1-5H3. The van der Waals surface area contributed by atoms with Crippen LogP contribution in [0.15, 0.2) is 30.3 Å². The molecule has 0 fully saturated rings. The molecule has 0 aliphatic carbocycles. The molecule has 0 aliphatic rings. The van der Waals surface area contributed by atoms with Crippen LogP contribution in [0.1, 0.15) is 33.9 Å². The summed E-state index contributed by atoms with van der Waals surface area (Å²) in [5.74, 6) is 1.28. The second kappa shape index (κ2) is 6.19. The third-order valence-electron chi connectivity index (χ3n) is 3.73. The highest BCUT2D eigenvalue weighted by atomic mass is 16.5. The van der Waals surface area contributed by atoms with Crippen LogP contribution in [0.25, 0.3) is 0 Å². The van der Waals surface area contributed by atoms with Gasteiger partial charge in [0.15, 0.2) is 11.5 Å². The molecule has 1 N–H and O–H groups in total. The molecule has 1 unspecified atom stereocenters. The predicted octanol–water partition coefficient (Wildman–Crippen LogP) is 3.71. The van der Waals surface area contributed by atoms with Crippen molar-refractivity contribution in [2.45, 2.75) is 26.9 Å². The molecule has 0 aliphatic heterocycles. The second-order valence-electron chi connectivity index (χ2n) is 5.33. The van der Waals surface area contributed by atoms with Crippen LogP contribution < -0.4 is 9.47 Å². The van der Waals surface area contributed by atoms with Gasteiger partial charge in [-0.3, -0.25) is 0 Å². The first-order chi connectivity index (χ1) is 9.97. The number of methoxy groups -OCH3 is 2. The molecule has 0 heterocycles. The van der Waals surface area contributed by atoms with Gasteiger partial charge in [-0.15, -0.1) is 0 Å². The Balaban J connectivity index is 2.47. The molecule has 3 nitrogen and oxygen atoms in total. The maximum absolute atomic E-state index is 10.7. The Morgan fingerprint density at radius 2 is 1.43 bits per heavy atom. The van der Waals surface area contributed by atoms with Gasteiger partial charge < -0.3 is 14.6 Å². The highest BCUT2D eigenvalue weighted by Crippen LogP contribution is 2.34. The van der Waals surface area contributed by atoms with Crippen LogP contribution in [0.2, 0.25) is 0 Å². The van der Waals surface area contributed by atoms with Gasteiger partial charge in [0.25, 0.3) is 0 Å². The quantitative estimate of drug-likeness (QED) is 0.931. The molecule has 112 valence electrons. The molecule has 0 amide bonds. The van der Waals surface area contributed by atoms with Gasteiger partial charge in [-0.1, -0.05) is 23.8 Å². The summed E-state index contributed by atoms with van der Waals surface area (Å²) in [5.41, 5.74) is 5.13. The van der Waals surface area contributed by atoms with Crippen molar-refractivity contribution in [3.05, 3.63) is 58.1 Å². The molecular formula is C18H22O3. The van der Waals surface area contributed by atoms with Crippen molar-refractivity contribution in [3.8, 4) is 11.5 Å². The lowest BCUT2D eigenvalue weighted by Crippen LogP contribution is -2.06. The SMILES string of the molecule is COc1ccc(C(O)c2c(C)cc(C)cc2C)cc1OC. The molecule has 1 atom stereocenters. The van der Waals surface area contributed by atoms with Gasteiger partial charge in [-0.25, -0.2) is 0 Å². The van der Waals surface area contributed by atoms with Crippen molar-refractivity contribution in [3.63, 3.8) is 0 Å². The summed E-state index contributed by atoms with van der Waals surface area (Å²) in [6.45, 7) is 6.12. The van der Waals surface area contributed by atoms with Gasteiger partial charge >= 0.3 is 0 Å². The summed E-state index contributed by atoms with van der Waals surface area (Å²) in [4.78, 5) is 0. The number of aliphatic hydroxyl groups excluding tert-OH is 1. The van der Waals surface area contributed by atoms with Crippen LogP contribution >= 0.6 is 0 Å². The van der Waals surface area contributed by atoms with Gasteiger partial charge in [0.2, 0.25) is 0 Å². The minimum Gasteiger partial charge on any atom is -0.493 e. The summed E-state index contributed by atoms with van der Waals surface area (Å²) >= 11 is 0. The zero-order chi connectivity index (χ0) is 15.6. The van der Waals surface area contributed by atoms with Gasteiger partial charge in [0, 0.05) is 0 Å². The maximum atomic E-state index is 10.7. The molecule has 2 rings (SSSR count). The van der Waals surface area contributed by atoms with E-state index in [0.29, 0.717) is 11.5 Å². The molecule has 0 aromatic heterocycles. The van der Waals surface area contributed by atoms with E-state index in [-0.39, 0.29) is 0 Å². The summed E-state index contributed by atoms with van der Waals surface area (Å²) in [5, 5.41) is 10.7. The fraction of sp³-hybridized carbons (Fsp3) is 0.333. The van der Waals surface area contributed by atoms with E-state index in [1.54, 1.807) is 14.2 Å². The molecule has 2 aromatic rings. The molecule has 2 aromatic carbocycles. The number of ether oxygens (including phenoxy) is 2. The summed E-state index contributed by atoms with van der Waals surface area (Å²) in [6.07, 6.45) is -0.676. The Labute approximate surface area is 126 Å². The van der Waals surface area contributed by atoms with E-state index in [1.165, 1.54) is 5.56 Å². The highest BCUT2D eigenvalue weighted by molar-refractivity contribution is 5.48. The summed E-state index contributed by atoms with van der Waals surface area (Å²) < 4.78 is 10.5. The molecule has 21 heavy (non-hydrogen) atoms. The second-order valence-corrected chi connectivity index (χ2v) is 5.33. The van der Waals surface area contributed by atoms with Crippen molar-refractivity contribution < 1.29 is 14.6 Å². The van der Waals surface area contributed by atoms with Crippen LogP contribution in [-0.2, 0) is 0 Å². The Morgan fingerprint density at radius 1 is 0.857 bits per heavy atom. The Hall–Kier alpha value is -2.00. The van der Waals surface area contributed by atoms with Crippen LogP contribution in [-0.4, -0.2) is 19.3 Å². The lowest BCUT2D eigenvalue weighted by Gasteiger charge is -2.19. The fourth-order valence-electron chi connectivity index (χ4n) is 2.81. The number of aliphatic hydroxyl groups is 1.